The molecule has 0 saturated heterocycles. The second kappa shape index (κ2) is 4.97. The summed E-state index contributed by atoms with van der Waals surface area (Å²) in [6, 6.07) is 1.36. The number of pyridine rings is 1. The van der Waals surface area contributed by atoms with Crippen LogP contribution in [0.3, 0.4) is 0 Å². The van der Waals surface area contributed by atoms with E-state index in [1.54, 1.807) is 0 Å². The van der Waals surface area contributed by atoms with Crippen LogP contribution in [0.2, 0.25) is 0 Å². The number of alkyl halides is 3. The van der Waals surface area contributed by atoms with Gasteiger partial charge in [0, 0.05) is 9.13 Å². The van der Waals surface area contributed by atoms with E-state index in [1.807, 2.05) is 22.6 Å². The first-order valence-corrected chi connectivity index (χ1v) is 5.20. The molecule has 0 aromatic carbocycles. The molecule has 2 nitrogen and oxygen atoms in total. The Morgan fingerprint density at radius 1 is 1.64 bits per heavy atom. The van der Waals surface area contributed by atoms with Crippen molar-refractivity contribution in [1.82, 2.24) is 4.98 Å². The van der Waals surface area contributed by atoms with Crippen LogP contribution in [0.1, 0.15) is 28.2 Å². The molecule has 0 unspecified atom stereocenters. The van der Waals surface area contributed by atoms with E-state index in [9.17, 15) is 13.6 Å². The van der Waals surface area contributed by atoms with Gasteiger partial charge in [-0.1, -0.05) is 0 Å². The number of aldehydes is 1. The molecule has 6 heteroatoms. The molecule has 0 radical (unpaired) electrons. The Kier molecular flexibility index (Phi) is 4.18. The van der Waals surface area contributed by atoms with Gasteiger partial charge < -0.3 is 0 Å². The molecule has 0 saturated carbocycles. The lowest BCUT2D eigenvalue weighted by Crippen LogP contribution is -2.03. The van der Waals surface area contributed by atoms with Gasteiger partial charge in [0.25, 0.3) is 6.43 Å². The van der Waals surface area contributed by atoms with Gasteiger partial charge >= 0.3 is 0 Å². The highest BCUT2D eigenvalue weighted by atomic mass is 127. The number of carbonyl (C=O) groups excluding carboxylic acids is 1. The van der Waals surface area contributed by atoms with Gasteiger partial charge in [-0.25, -0.2) is 13.8 Å². The molecular weight excluding hydrogens is 326 g/mol. The zero-order valence-electron chi connectivity index (χ0n) is 6.81. The summed E-state index contributed by atoms with van der Waals surface area (Å²) < 4.78 is 25.4. The minimum absolute atomic E-state index is 0.0527. The number of halogens is 4. The highest BCUT2D eigenvalue weighted by molar-refractivity contribution is 14.1. The first-order valence-electron chi connectivity index (χ1n) is 3.58. The molecule has 1 rings (SSSR count). The third-order valence-corrected chi connectivity index (χ3v) is 2.76. The van der Waals surface area contributed by atoms with E-state index in [2.05, 4.69) is 4.98 Å². The van der Waals surface area contributed by atoms with E-state index in [4.69, 9.17) is 11.6 Å². The monoisotopic (exact) mass is 331 g/mol. The highest BCUT2D eigenvalue weighted by Gasteiger charge is 2.17. The summed E-state index contributed by atoms with van der Waals surface area (Å²) in [5.74, 6) is 0.0527. The van der Waals surface area contributed by atoms with E-state index in [0.717, 1.165) is 0 Å². The second-order valence-corrected chi connectivity index (χ2v) is 3.87. The van der Waals surface area contributed by atoms with Gasteiger partial charge in [-0.05, 0) is 28.7 Å². The molecule has 76 valence electrons. The minimum atomic E-state index is -2.76. The minimum Gasteiger partial charge on any atom is -0.298 e. The van der Waals surface area contributed by atoms with Crippen molar-refractivity contribution in [2.45, 2.75) is 12.3 Å². The standard InChI is InChI=1S/C8H5ClF2INO/c9-2-6-5(12)1-4(3-14)7(13-6)8(10)11/h1,3,8H,2H2. The van der Waals surface area contributed by atoms with Crippen molar-refractivity contribution in [1.29, 1.82) is 0 Å². The van der Waals surface area contributed by atoms with Crippen LogP contribution in [0, 0.1) is 3.57 Å². The molecule has 1 aromatic rings. The summed E-state index contributed by atoms with van der Waals surface area (Å²) >= 11 is 7.40. The van der Waals surface area contributed by atoms with Crippen molar-refractivity contribution in [3.63, 3.8) is 0 Å². The van der Waals surface area contributed by atoms with Crippen LogP contribution < -0.4 is 0 Å². The predicted octanol–water partition coefficient (Wildman–Crippen LogP) is 3.18. The average Bonchev–Trinajstić information content (AvgIpc) is 2.16. The smallest absolute Gasteiger partial charge is 0.281 e. The molecule has 0 atom stereocenters. The molecule has 0 aliphatic rings. The van der Waals surface area contributed by atoms with Crippen LogP contribution >= 0.6 is 34.2 Å². The predicted molar refractivity (Wildman–Crippen MR) is 56.9 cm³/mol. The van der Waals surface area contributed by atoms with Crippen LogP contribution in [-0.4, -0.2) is 11.3 Å². The van der Waals surface area contributed by atoms with Gasteiger partial charge in [0.1, 0.15) is 5.69 Å². The largest absolute Gasteiger partial charge is 0.298 e. The number of rotatable bonds is 3. The topological polar surface area (TPSA) is 30.0 Å². The van der Waals surface area contributed by atoms with E-state index in [1.165, 1.54) is 6.07 Å². The maximum absolute atomic E-state index is 12.4. The number of carbonyl (C=O) groups is 1. The Labute approximate surface area is 97.8 Å². The first-order chi connectivity index (χ1) is 6.60. The maximum Gasteiger partial charge on any atom is 0.281 e. The molecule has 0 aliphatic carbocycles. The fraction of sp³-hybridized carbons (Fsp3) is 0.250. The summed E-state index contributed by atoms with van der Waals surface area (Å²) in [6.45, 7) is 0. The van der Waals surface area contributed by atoms with Crippen LogP contribution in [-0.2, 0) is 5.88 Å². The van der Waals surface area contributed by atoms with Gasteiger partial charge in [-0.3, -0.25) is 4.79 Å². The third-order valence-electron chi connectivity index (χ3n) is 1.57. The third kappa shape index (κ3) is 2.38. The van der Waals surface area contributed by atoms with Crippen molar-refractivity contribution >= 4 is 40.5 Å². The van der Waals surface area contributed by atoms with Crippen LogP contribution in [0.5, 0.6) is 0 Å². The number of hydrogen-bond donors (Lipinski definition) is 0. The van der Waals surface area contributed by atoms with Crippen LogP contribution in [0.15, 0.2) is 6.07 Å². The SMILES string of the molecule is O=Cc1cc(I)c(CCl)nc1C(F)F. The highest BCUT2D eigenvalue weighted by Crippen LogP contribution is 2.23. The molecule has 0 fully saturated rings. The van der Waals surface area contributed by atoms with Crippen molar-refractivity contribution in [2.24, 2.45) is 0 Å². The van der Waals surface area contributed by atoms with Crippen molar-refractivity contribution in [3.05, 3.63) is 26.6 Å². The molecule has 0 bridgehead atoms. The molecule has 0 aliphatic heterocycles. The van der Waals surface area contributed by atoms with Gasteiger partial charge in [0.05, 0.1) is 11.6 Å². The number of nitrogens with zero attached hydrogens (tertiary/aromatic N) is 1. The molecule has 14 heavy (non-hydrogen) atoms. The summed E-state index contributed by atoms with van der Waals surface area (Å²) in [5.41, 5.74) is -0.220. The lowest BCUT2D eigenvalue weighted by atomic mass is 10.2. The fourth-order valence-electron chi connectivity index (χ4n) is 0.920. The van der Waals surface area contributed by atoms with Crippen LogP contribution in [0.4, 0.5) is 8.78 Å². The van der Waals surface area contributed by atoms with Crippen molar-refractivity contribution < 1.29 is 13.6 Å². The van der Waals surface area contributed by atoms with E-state index >= 15 is 0 Å². The Bertz CT molecular complexity index is 359. The summed E-state index contributed by atoms with van der Waals surface area (Å²) in [6.07, 6.45) is -2.39. The van der Waals surface area contributed by atoms with E-state index in [0.29, 0.717) is 15.6 Å². The Balaban J connectivity index is 3.32. The molecule has 0 spiro atoms. The summed E-state index contributed by atoms with van der Waals surface area (Å²) in [7, 11) is 0. The Hall–Kier alpha value is -0.300. The van der Waals surface area contributed by atoms with E-state index in [-0.39, 0.29) is 11.4 Å². The van der Waals surface area contributed by atoms with Crippen molar-refractivity contribution in [2.75, 3.05) is 0 Å². The normalized spacial score (nSPS) is 10.6. The summed E-state index contributed by atoms with van der Waals surface area (Å²) in [4.78, 5) is 14.1. The fourth-order valence-corrected chi connectivity index (χ4v) is 2.00. The van der Waals surface area contributed by atoms with Gasteiger partial charge in [-0.15, -0.1) is 11.6 Å². The zero-order chi connectivity index (χ0) is 10.7. The van der Waals surface area contributed by atoms with Gasteiger partial charge in [0.15, 0.2) is 6.29 Å². The van der Waals surface area contributed by atoms with Crippen molar-refractivity contribution in [3.8, 4) is 0 Å². The summed E-state index contributed by atoms with van der Waals surface area (Å²) in [5, 5.41) is 0. The zero-order valence-corrected chi connectivity index (χ0v) is 9.72. The maximum atomic E-state index is 12.4. The molecule has 0 amide bonds. The average molecular weight is 331 g/mol. The van der Waals surface area contributed by atoms with E-state index < -0.39 is 12.1 Å². The quantitative estimate of drug-likeness (QED) is 0.484. The number of aromatic nitrogens is 1. The Morgan fingerprint density at radius 3 is 2.71 bits per heavy atom. The molecule has 0 N–H and O–H groups in total. The number of hydrogen-bond acceptors (Lipinski definition) is 2. The molecular formula is C8H5ClF2INO. The van der Waals surface area contributed by atoms with Gasteiger partial charge in [-0.2, -0.15) is 0 Å². The molecule has 1 aromatic heterocycles. The first kappa shape index (κ1) is 11.8. The lowest BCUT2D eigenvalue weighted by Gasteiger charge is -2.06. The van der Waals surface area contributed by atoms with Gasteiger partial charge in [0.2, 0.25) is 0 Å². The lowest BCUT2D eigenvalue weighted by molar-refractivity contribution is 0.110. The van der Waals surface area contributed by atoms with Crippen LogP contribution in [0.25, 0.3) is 0 Å². The second-order valence-electron chi connectivity index (χ2n) is 2.44. The molecule has 1 heterocycles. The Morgan fingerprint density at radius 2 is 2.29 bits per heavy atom.